The maximum Gasteiger partial charge on any atom is 0.129 e. The molecule has 0 aromatic carbocycles. The lowest BCUT2D eigenvalue weighted by molar-refractivity contribution is 1.31. The maximum absolute atomic E-state index is 5.64. The normalized spacial score (nSPS) is 8.33. The zero-order valence-corrected chi connectivity index (χ0v) is 8.52. The SMILES string of the molecule is C=C(C)c1ccnc(Cl)c1.CC. The van der Waals surface area contributed by atoms with Gasteiger partial charge >= 0.3 is 0 Å². The molecule has 0 aliphatic rings. The lowest BCUT2D eigenvalue weighted by Gasteiger charge is -1.96. The van der Waals surface area contributed by atoms with Gasteiger partial charge in [0.25, 0.3) is 0 Å². The van der Waals surface area contributed by atoms with E-state index in [0.29, 0.717) is 5.15 Å². The van der Waals surface area contributed by atoms with E-state index in [9.17, 15) is 0 Å². The first kappa shape index (κ1) is 11.2. The highest BCUT2D eigenvalue weighted by molar-refractivity contribution is 6.29. The molecule has 0 N–H and O–H groups in total. The highest BCUT2D eigenvalue weighted by Crippen LogP contribution is 2.13. The Hall–Kier alpha value is -0.820. The summed E-state index contributed by atoms with van der Waals surface area (Å²) in [4.78, 5) is 3.85. The molecule has 0 bridgehead atoms. The van der Waals surface area contributed by atoms with Gasteiger partial charge in [-0.3, -0.25) is 0 Å². The molecule has 12 heavy (non-hydrogen) atoms. The molecule has 0 saturated heterocycles. The summed E-state index contributed by atoms with van der Waals surface area (Å²) in [6.45, 7) is 9.72. The van der Waals surface area contributed by atoms with Gasteiger partial charge in [0, 0.05) is 6.20 Å². The van der Waals surface area contributed by atoms with Gasteiger partial charge < -0.3 is 0 Å². The Bertz CT molecular complexity index is 256. The van der Waals surface area contributed by atoms with Gasteiger partial charge in [0.15, 0.2) is 0 Å². The summed E-state index contributed by atoms with van der Waals surface area (Å²) >= 11 is 5.64. The lowest BCUT2D eigenvalue weighted by Crippen LogP contribution is -1.79. The summed E-state index contributed by atoms with van der Waals surface area (Å²) in [5, 5.41) is 0.514. The Labute approximate surface area is 79.1 Å². The second-order valence-electron chi connectivity index (χ2n) is 2.15. The first-order valence-electron chi connectivity index (χ1n) is 3.97. The molecule has 0 fully saturated rings. The molecule has 0 unspecified atom stereocenters. The first-order chi connectivity index (χ1) is 5.70. The van der Waals surface area contributed by atoms with Crippen molar-refractivity contribution in [1.82, 2.24) is 4.98 Å². The molecule has 2 heteroatoms. The predicted molar refractivity (Wildman–Crippen MR) is 55.3 cm³/mol. The molecule has 1 nitrogen and oxygen atoms in total. The molecule has 0 radical (unpaired) electrons. The molecule has 1 rings (SSSR count). The molecule has 1 heterocycles. The molecule has 0 spiro atoms. The zero-order valence-electron chi connectivity index (χ0n) is 7.76. The van der Waals surface area contributed by atoms with Crippen LogP contribution in [0.25, 0.3) is 5.57 Å². The highest BCUT2D eigenvalue weighted by Gasteiger charge is 1.92. The van der Waals surface area contributed by atoms with Crippen LogP contribution in [0.5, 0.6) is 0 Å². The Morgan fingerprint density at radius 1 is 1.50 bits per heavy atom. The van der Waals surface area contributed by atoms with E-state index in [1.54, 1.807) is 12.3 Å². The van der Waals surface area contributed by atoms with E-state index in [1.807, 2.05) is 26.8 Å². The quantitative estimate of drug-likeness (QED) is 0.604. The van der Waals surface area contributed by atoms with Crippen molar-refractivity contribution >= 4 is 17.2 Å². The van der Waals surface area contributed by atoms with Gasteiger partial charge in [-0.15, -0.1) is 0 Å². The fourth-order valence-corrected chi connectivity index (χ4v) is 0.842. The number of aromatic nitrogens is 1. The fourth-order valence-electron chi connectivity index (χ4n) is 0.668. The molecule has 66 valence electrons. The average Bonchev–Trinajstić information content (AvgIpc) is 2.08. The van der Waals surface area contributed by atoms with E-state index in [2.05, 4.69) is 11.6 Å². The molecule has 1 aromatic rings. The highest BCUT2D eigenvalue weighted by atomic mass is 35.5. The van der Waals surface area contributed by atoms with Crippen LogP contribution in [0.2, 0.25) is 5.15 Å². The Morgan fingerprint density at radius 2 is 2.08 bits per heavy atom. The smallest absolute Gasteiger partial charge is 0.129 e. The van der Waals surface area contributed by atoms with Crippen molar-refractivity contribution in [1.29, 1.82) is 0 Å². The number of allylic oxidation sites excluding steroid dienone is 1. The summed E-state index contributed by atoms with van der Waals surface area (Å²) in [5.74, 6) is 0. The van der Waals surface area contributed by atoms with Gasteiger partial charge in [-0.1, -0.05) is 37.6 Å². The van der Waals surface area contributed by atoms with Gasteiger partial charge in [0.05, 0.1) is 0 Å². The van der Waals surface area contributed by atoms with Gasteiger partial charge in [-0.2, -0.15) is 0 Å². The van der Waals surface area contributed by atoms with E-state index in [-0.39, 0.29) is 0 Å². The van der Waals surface area contributed by atoms with E-state index >= 15 is 0 Å². The number of halogens is 1. The van der Waals surface area contributed by atoms with Crippen LogP contribution in [-0.4, -0.2) is 4.98 Å². The third-order valence-corrected chi connectivity index (χ3v) is 1.43. The second kappa shape index (κ2) is 5.78. The van der Waals surface area contributed by atoms with Crippen LogP contribution < -0.4 is 0 Å². The van der Waals surface area contributed by atoms with Crippen LogP contribution in [0.4, 0.5) is 0 Å². The number of nitrogens with zero attached hydrogens (tertiary/aromatic N) is 1. The van der Waals surface area contributed by atoms with Crippen LogP contribution in [0, 0.1) is 0 Å². The monoisotopic (exact) mass is 183 g/mol. The third-order valence-electron chi connectivity index (χ3n) is 1.22. The molecule has 0 amide bonds. The van der Waals surface area contributed by atoms with E-state index in [4.69, 9.17) is 11.6 Å². The minimum absolute atomic E-state index is 0.514. The molecule has 0 atom stereocenters. The van der Waals surface area contributed by atoms with Crippen molar-refractivity contribution in [2.45, 2.75) is 20.8 Å². The van der Waals surface area contributed by atoms with Crippen molar-refractivity contribution < 1.29 is 0 Å². The molecule has 0 aliphatic carbocycles. The van der Waals surface area contributed by atoms with Crippen LogP contribution in [-0.2, 0) is 0 Å². The van der Waals surface area contributed by atoms with Crippen LogP contribution in [0.3, 0.4) is 0 Å². The number of hydrogen-bond acceptors (Lipinski definition) is 1. The first-order valence-corrected chi connectivity index (χ1v) is 4.35. The van der Waals surface area contributed by atoms with E-state index in [1.165, 1.54) is 0 Å². The predicted octanol–water partition coefficient (Wildman–Crippen LogP) is 3.79. The fraction of sp³-hybridized carbons (Fsp3) is 0.300. The molecule has 0 aliphatic heterocycles. The topological polar surface area (TPSA) is 12.9 Å². The molecule has 0 saturated carbocycles. The summed E-state index contributed by atoms with van der Waals surface area (Å²) in [6, 6.07) is 3.68. The maximum atomic E-state index is 5.64. The van der Waals surface area contributed by atoms with Crippen molar-refractivity contribution in [3.8, 4) is 0 Å². The van der Waals surface area contributed by atoms with Crippen LogP contribution in [0.1, 0.15) is 26.3 Å². The lowest BCUT2D eigenvalue weighted by atomic mass is 10.1. The van der Waals surface area contributed by atoms with Gasteiger partial charge in [-0.05, 0) is 24.6 Å². The van der Waals surface area contributed by atoms with Crippen molar-refractivity contribution in [3.63, 3.8) is 0 Å². The van der Waals surface area contributed by atoms with Gasteiger partial charge in [-0.25, -0.2) is 4.98 Å². The summed E-state index contributed by atoms with van der Waals surface area (Å²) in [7, 11) is 0. The largest absolute Gasteiger partial charge is 0.245 e. The van der Waals surface area contributed by atoms with Crippen LogP contribution >= 0.6 is 11.6 Å². The summed E-state index contributed by atoms with van der Waals surface area (Å²) in [5.41, 5.74) is 2.05. The van der Waals surface area contributed by atoms with Crippen molar-refractivity contribution in [2.75, 3.05) is 0 Å². The Kier molecular flexibility index (Phi) is 5.39. The van der Waals surface area contributed by atoms with Gasteiger partial charge in [0.1, 0.15) is 5.15 Å². The van der Waals surface area contributed by atoms with Crippen molar-refractivity contribution in [3.05, 3.63) is 35.6 Å². The molecule has 1 aromatic heterocycles. The van der Waals surface area contributed by atoms with Gasteiger partial charge in [0.2, 0.25) is 0 Å². The zero-order chi connectivity index (χ0) is 9.56. The minimum atomic E-state index is 0.514. The molecular weight excluding hydrogens is 170 g/mol. The standard InChI is InChI=1S/C8H8ClN.C2H6/c1-6(2)7-3-4-10-8(9)5-7;1-2/h3-5H,1H2,2H3;1-2H3. The van der Waals surface area contributed by atoms with E-state index in [0.717, 1.165) is 11.1 Å². The minimum Gasteiger partial charge on any atom is -0.245 e. The Morgan fingerprint density at radius 3 is 2.42 bits per heavy atom. The average molecular weight is 184 g/mol. The second-order valence-corrected chi connectivity index (χ2v) is 2.53. The van der Waals surface area contributed by atoms with Crippen molar-refractivity contribution in [2.24, 2.45) is 0 Å². The molecular formula is C10H14ClN. The number of hydrogen-bond donors (Lipinski definition) is 0. The number of rotatable bonds is 1. The third kappa shape index (κ3) is 3.54. The number of pyridine rings is 1. The summed E-state index contributed by atoms with van der Waals surface area (Å²) in [6.07, 6.45) is 1.67. The summed E-state index contributed by atoms with van der Waals surface area (Å²) < 4.78 is 0. The Balaban J connectivity index is 0.000000561. The van der Waals surface area contributed by atoms with Crippen LogP contribution in [0.15, 0.2) is 24.9 Å². The van der Waals surface area contributed by atoms with E-state index < -0.39 is 0 Å².